The van der Waals surface area contributed by atoms with Gasteiger partial charge in [0.05, 0.1) is 11.2 Å². The molecule has 15 heavy (non-hydrogen) atoms. The number of hydrogen-bond donors (Lipinski definition) is 2. The Balaban J connectivity index is 3.99. The third kappa shape index (κ3) is 5.67. The van der Waals surface area contributed by atoms with E-state index in [1.54, 1.807) is 6.92 Å². The summed E-state index contributed by atoms with van der Waals surface area (Å²) in [6.45, 7) is 3.96. The van der Waals surface area contributed by atoms with Gasteiger partial charge in [-0.05, 0) is 19.6 Å². The average molecular weight is 233 g/mol. The van der Waals surface area contributed by atoms with Crippen molar-refractivity contribution in [2.24, 2.45) is 5.92 Å². The van der Waals surface area contributed by atoms with E-state index in [0.29, 0.717) is 6.42 Å². The van der Waals surface area contributed by atoms with Crippen LogP contribution in [-0.4, -0.2) is 35.0 Å². The van der Waals surface area contributed by atoms with Crippen LogP contribution in [0.25, 0.3) is 0 Å². The summed E-state index contributed by atoms with van der Waals surface area (Å²) >= 11 is 1.45. The van der Waals surface area contributed by atoms with Gasteiger partial charge in [-0.25, -0.2) is 0 Å². The van der Waals surface area contributed by atoms with Crippen LogP contribution in [0.4, 0.5) is 0 Å². The van der Waals surface area contributed by atoms with Crippen LogP contribution in [-0.2, 0) is 9.59 Å². The van der Waals surface area contributed by atoms with Crippen molar-refractivity contribution in [2.45, 2.75) is 31.9 Å². The van der Waals surface area contributed by atoms with Crippen LogP contribution in [0.1, 0.15) is 26.7 Å². The van der Waals surface area contributed by atoms with E-state index in [1.807, 2.05) is 13.2 Å². The van der Waals surface area contributed by atoms with Gasteiger partial charge in [-0.3, -0.25) is 9.59 Å². The summed E-state index contributed by atoms with van der Waals surface area (Å²) in [7, 11) is 0. The summed E-state index contributed by atoms with van der Waals surface area (Å²) in [5.74, 6) is -1.40. The van der Waals surface area contributed by atoms with Gasteiger partial charge in [-0.2, -0.15) is 11.8 Å². The molecule has 0 aliphatic rings. The molecule has 1 amide bonds. The molecule has 4 nitrogen and oxygen atoms in total. The Morgan fingerprint density at radius 1 is 1.47 bits per heavy atom. The molecule has 0 aromatic rings. The fourth-order valence-corrected chi connectivity index (χ4v) is 1.43. The van der Waals surface area contributed by atoms with E-state index < -0.39 is 11.9 Å². The number of carbonyl (C=O) groups excluding carboxylic acids is 1. The van der Waals surface area contributed by atoms with E-state index in [9.17, 15) is 9.59 Å². The zero-order valence-electron chi connectivity index (χ0n) is 9.45. The fraction of sp³-hybridized carbons (Fsp3) is 0.800. The molecule has 0 aromatic carbocycles. The Bertz CT molecular complexity index is 221. The molecule has 5 heteroatoms. The van der Waals surface area contributed by atoms with Gasteiger partial charge < -0.3 is 10.4 Å². The molecule has 0 aromatic heterocycles. The lowest BCUT2D eigenvalue weighted by molar-refractivity contribution is -0.141. The largest absolute Gasteiger partial charge is 0.481 e. The summed E-state index contributed by atoms with van der Waals surface area (Å²) in [6, 6.07) is 0. The van der Waals surface area contributed by atoms with Crippen LogP contribution >= 0.6 is 11.8 Å². The lowest BCUT2D eigenvalue weighted by Gasteiger charge is -2.14. The Hall–Kier alpha value is -0.710. The van der Waals surface area contributed by atoms with E-state index >= 15 is 0 Å². The SMILES string of the molecule is CCCC(CNC(=O)C(C)SC)C(=O)O. The fourth-order valence-electron chi connectivity index (χ4n) is 1.14. The summed E-state index contributed by atoms with van der Waals surface area (Å²) in [5, 5.41) is 11.4. The third-order valence-corrected chi connectivity index (χ3v) is 3.15. The second-order valence-corrected chi connectivity index (χ2v) is 4.63. The van der Waals surface area contributed by atoms with Gasteiger partial charge in [-0.1, -0.05) is 13.3 Å². The summed E-state index contributed by atoms with van der Waals surface area (Å²) in [4.78, 5) is 22.2. The number of hydrogen-bond acceptors (Lipinski definition) is 3. The highest BCUT2D eigenvalue weighted by Crippen LogP contribution is 2.07. The Morgan fingerprint density at radius 2 is 2.07 bits per heavy atom. The van der Waals surface area contributed by atoms with E-state index in [4.69, 9.17) is 5.11 Å². The predicted octanol–water partition coefficient (Wildman–Crippen LogP) is 1.35. The van der Waals surface area contributed by atoms with Gasteiger partial charge in [0, 0.05) is 6.54 Å². The second kappa shape index (κ2) is 7.56. The molecule has 0 aliphatic heterocycles. The van der Waals surface area contributed by atoms with E-state index in [0.717, 1.165) is 6.42 Å². The van der Waals surface area contributed by atoms with Crippen molar-refractivity contribution in [3.05, 3.63) is 0 Å². The number of nitrogens with one attached hydrogen (secondary N) is 1. The number of amides is 1. The zero-order chi connectivity index (χ0) is 11.8. The lowest BCUT2D eigenvalue weighted by atomic mass is 10.0. The first-order chi connectivity index (χ1) is 7.02. The Kier molecular flexibility index (Phi) is 7.21. The van der Waals surface area contributed by atoms with E-state index in [1.165, 1.54) is 11.8 Å². The molecule has 0 rings (SSSR count). The standard InChI is InChI=1S/C10H19NO3S/c1-4-5-8(10(13)14)6-11-9(12)7(2)15-3/h7-8H,4-6H2,1-3H3,(H,11,12)(H,13,14). The van der Waals surface area contributed by atoms with Crippen molar-refractivity contribution in [3.63, 3.8) is 0 Å². The molecule has 0 saturated heterocycles. The smallest absolute Gasteiger partial charge is 0.308 e. The summed E-state index contributed by atoms with van der Waals surface area (Å²) in [5.41, 5.74) is 0. The Morgan fingerprint density at radius 3 is 2.47 bits per heavy atom. The normalized spacial score (nSPS) is 14.3. The van der Waals surface area contributed by atoms with Gasteiger partial charge >= 0.3 is 5.97 Å². The summed E-state index contributed by atoms with van der Waals surface area (Å²) < 4.78 is 0. The minimum absolute atomic E-state index is 0.0927. The maximum absolute atomic E-state index is 11.4. The van der Waals surface area contributed by atoms with Gasteiger partial charge in [0.15, 0.2) is 0 Å². The second-order valence-electron chi connectivity index (χ2n) is 3.45. The topological polar surface area (TPSA) is 66.4 Å². The van der Waals surface area contributed by atoms with Crippen LogP contribution in [0.15, 0.2) is 0 Å². The Labute approximate surface area is 94.8 Å². The number of thioether (sulfide) groups is 1. The van der Waals surface area contributed by atoms with Crippen LogP contribution in [0.5, 0.6) is 0 Å². The van der Waals surface area contributed by atoms with Crippen molar-refractivity contribution < 1.29 is 14.7 Å². The third-order valence-electron chi connectivity index (χ3n) is 2.23. The first kappa shape index (κ1) is 14.3. The highest BCUT2D eigenvalue weighted by molar-refractivity contribution is 7.99. The van der Waals surface area contributed by atoms with E-state index in [2.05, 4.69) is 5.32 Å². The molecule has 0 fully saturated rings. The number of aliphatic carboxylic acids is 1. The zero-order valence-corrected chi connectivity index (χ0v) is 10.3. The molecule has 0 bridgehead atoms. The molecule has 0 saturated carbocycles. The molecule has 2 N–H and O–H groups in total. The lowest BCUT2D eigenvalue weighted by Crippen LogP contribution is -2.36. The van der Waals surface area contributed by atoms with Gasteiger partial charge in [0.1, 0.15) is 0 Å². The molecule has 0 aliphatic carbocycles. The van der Waals surface area contributed by atoms with Crippen molar-refractivity contribution in [3.8, 4) is 0 Å². The van der Waals surface area contributed by atoms with Crippen LogP contribution in [0.2, 0.25) is 0 Å². The molecule has 0 spiro atoms. The van der Waals surface area contributed by atoms with Crippen LogP contribution < -0.4 is 5.32 Å². The van der Waals surface area contributed by atoms with E-state index in [-0.39, 0.29) is 17.7 Å². The molecular formula is C10H19NO3S. The van der Waals surface area contributed by atoms with Crippen LogP contribution in [0, 0.1) is 5.92 Å². The number of rotatable bonds is 7. The molecule has 2 atom stereocenters. The predicted molar refractivity (Wildman–Crippen MR) is 62.0 cm³/mol. The maximum Gasteiger partial charge on any atom is 0.308 e. The molecule has 2 unspecified atom stereocenters. The number of carbonyl (C=O) groups is 2. The number of carboxylic acids is 1. The van der Waals surface area contributed by atoms with Crippen molar-refractivity contribution in [2.75, 3.05) is 12.8 Å². The molecule has 0 radical (unpaired) electrons. The van der Waals surface area contributed by atoms with Crippen molar-refractivity contribution >= 4 is 23.6 Å². The monoisotopic (exact) mass is 233 g/mol. The average Bonchev–Trinajstić information content (AvgIpc) is 2.21. The molecule has 88 valence electrons. The first-order valence-corrected chi connectivity index (χ1v) is 6.35. The van der Waals surface area contributed by atoms with Gasteiger partial charge in [-0.15, -0.1) is 0 Å². The van der Waals surface area contributed by atoms with Gasteiger partial charge in [0.2, 0.25) is 5.91 Å². The highest BCUT2D eigenvalue weighted by Gasteiger charge is 2.18. The van der Waals surface area contributed by atoms with Gasteiger partial charge in [0.25, 0.3) is 0 Å². The van der Waals surface area contributed by atoms with Crippen molar-refractivity contribution in [1.29, 1.82) is 0 Å². The molecular weight excluding hydrogens is 214 g/mol. The minimum Gasteiger partial charge on any atom is -0.481 e. The quantitative estimate of drug-likeness (QED) is 0.696. The summed E-state index contributed by atoms with van der Waals surface area (Å²) in [6.07, 6.45) is 3.26. The minimum atomic E-state index is -0.839. The molecule has 0 heterocycles. The first-order valence-electron chi connectivity index (χ1n) is 5.06. The maximum atomic E-state index is 11.4. The number of carboxylic acid groups (broad SMARTS) is 1. The van der Waals surface area contributed by atoms with Crippen molar-refractivity contribution in [1.82, 2.24) is 5.32 Å². The highest BCUT2D eigenvalue weighted by atomic mass is 32.2. The van der Waals surface area contributed by atoms with Crippen LogP contribution in [0.3, 0.4) is 0 Å².